The Morgan fingerprint density at radius 2 is 2.03 bits per heavy atom. The van der Waals surface area contributed by atoms with Gasteiger partial charge in [0.2, 0.25) is 11.8 Å². The molecule has 0 spiro atoms. The summed E-state index contributed by atoms with van der Waals surface area (Å²) in [5.74, 6) is -3.04. The summed E-state index contributed by atoms with van der Waals surface area (Å²) in [5.41, 5.74) is 2.25. The van der Waals surface area contributed by atoms with Gasteiger partial charge in [-0.15, -0.1) is 0 Å². The van der Waals surface area contributed by atoms with Crippen LogP contribution in [-0.2, 0) is 20.8 Å². The number of ether oxygens (including phenoxy) is 2. The summed E-state index contributed by atoms with van der Waals surface area (Å²) in [7, 11) is 0. The number of hydrogen-bond acceptors (Lipinski definition) is 6. The van der Waals surface area contributed by atoms with E-state index >= 15 is 0 Å². The standard InChI is InChI=1S/C24H22FN3O6/c1-12(13-6-7-18-19(10-13)34-24(2,25)33-18)8-20(29)28-21(23(31)32)15(22(28)30)9-14-4-3-5-17-16(14)11-26-27-17/h3-7,10-12,15,21H,8-9H2,1-2H3,(H,26,27)(H,31,32)/t12-,15+,21-,24?/m0/s1. The molecule has 2 aromatic carbocycles. The molecule has 2 N–H and O–H groups in total. The van der Waals surface area contributed by atoms with Crippen LogP contribution in [0.1, 0.15) is 37.3 Å². The maximum atomic E-state index is 13.9. The Balaban J connectivity index is 1.30. The van der Waals surface area contributed by atoms with Gasteiger partial charge >= 0.3 is 12.0 Å². The van der Waals surface area contributed by atoms with Crippen LogP contribution in [0.3, 0.4) is 0 Å². The molecule has 5 rings (SSSR count). The molecule has 1 saturated heterocycles. The first-order chi connectivity index (χ1) is 16.1. The third-order valence-corrected chi connectivity index (χ3v) is 6.35. The van der Waals surface area contributed by atoms with E-state index in [4.69, 9.17) is 9.47 Å². The number of alkyl halides is 1. The topological polar surface area (TPSA) is 122 Å². The van der Waals surface area contributed by atoms with E-state index in [9.17, 15) is 23.9 Å². The highest BCUT2D eigenvalue weighted by Crippen LogP contribution is 2.42. The zero-order valence-corrected chi connectivity index (χ0v) is 18.4. The third kappa shape index (κ3) is 3.64. The predicted molar refractivity (Wildman–Crippen MR) is 117 cm³/mol. The molecule has 3 aromatic rings. The molecule has 3 heterocycles. The molecule has 2 aliphatic heterocycles. The van der Waals surface area contributed by atoms with Crippen LogP contribution in [0.5, 0.6) is 11.5 Å². The highest BCUT2D eigenvalue weighted by molar-refractivity contribution is 6.08. The molecule has 4 atom stereocenters. The van der Waals surface area contributed by atoms with Crippen LogP contribution < -0.4 is 9.47 Å². The van der Waals surface area contributed by atoms with Gasteiger partial charge in [0.15, 0.2) is 11.5 Å². The molecule has 0 saturated carbocycles. The number of aliphatic carboxylic acids is 1. The summed E-state index contributed by atoms with van der Waals surface area (Å²) >= 11 is 0. The van der Waals surface area contributed by atoms with Crippen molar-refractivity contribution in [3.63, 3.8) is 0 Å². The van der Waals surface area contributed by atoms with Gasteiger partial charge in [0, 0.05) is 18.7 Å². The second kappa shape index (κ2) is 7.82. The van der Waals surface area contributed by atoms with Crippen LogP contribution in [-0.4, -0.2) is 50.1 Å². The van der Waals surface area contributed by atoms with E-state index in [1.54, 1.807) is 37.4 Å². The van der Waals surface area contributed by atoms with E-state index < -0.39 is 35.8 Å². The minimum Gasteiger partial charge on any atom is -0.480 e. The highest BCUT2D eigenvalue weighted by atomic mass is 19.2. The third-order valence-electron chi connectivity index (χ3n) is 6.35. The Bertz CT molecular complexity index is 1320. The van der Waals surface area contributed by atoms with Crippen LogP contribution in [0.15, 0.2) is 42.6 Å². The Morgan fingerprint density at radius 1 is 1.26 bits per heavy atom. The number of rotatable bonds is 6. The second-order valence-electron chi connectivity index (χ2n) is 8.79. The first kappa shape index (κ1) is 21.9. The van der Waals surface area contributed by atoms with Gasteiger partial charge in [-0.05, 0) is 41.7 Å². The van der Waals surface area contributed by atoms with Crippen LogP contribution in [0.4, 0.5) is 4.39 Å². The number of nitrogens with one attached hydrogen (secondary N) is 1. The minimum atomic E-state index is -2.26. The summed E-state index contributed by atoms with van der Waals surface area (Å²) in [5, 5.41) is 17.4. The van der Waals surface area contributed by atoms with Crippen LogP contribution in [0, 0.1) is 5.92 Å². The number of fused-ring (bicyclic) bond motifs is 2. The monoisotopic (exact) mass is 467 g/mol. The largest absolute Gasteiger partial charge is 0.480 e. The normalized spacial score (nSPS) is 24.2. The fraction of sp³-hybridized carbons (Fsp3) is 0.333. The number of H-pyrrole nitrogens is 1. The molecule has 0 radical (unpaired) electrons. The van der Waals surface area contributed by atoms with Crippen molar-refractivity contribution in [1.29, 1.82) is 0 Å². The molecular formula is C24H22FN3O6. The fourth-order valence-corrected chi connectivity index (χ4v) is 4.64. The van der Waals surface area contributed by atoms with Crippen molar-refractivity contribution in [1.82, 2.24) is 15.1 Å². The van der Waals surface area contributed by atoms with Crippen molar-refractivity contribution in [2.24, 2.45) is 5.92 Å². The molecule has 0 aliphatic carbocycles. The quantitative estimate of drug-likeness (QED) is 0.534. The number of halogens is 1. The lowest BCUT2D eigenvalue weighted by Crippen LogP contribution is -2.66. The van der Waals surface area contributed by atoms with Gasteiger partial charge in [0.05, 0.1) is 17.6 Å². The van der Waals surface area contributed by atoms with E-state index in [2.05, 4.69) is 10.2 Å². The Labute approximate surface area is 193 Å². The van der Waals surface area contributed by atoms with E-state index in [1.165, 1.54) is 0 Å². The number of carboxylic acids is 1. The lowest BCUT2D eigenvalue weighted by Gasteiger charge is -2.43. The van der Waals surface area contributed by atoms with E-state index in [1.807, 2.05) is 12.1 Å². The number of likely N-dealkylation sites (tertiary alicyclic amines) is 1. The highest BCUT2D eigenvalue weighted by Gasteiger charge is 2.54. The fourth-order valence-electron chi connectivity index (χ4n) is 4.64. The predicted octanol–water partition coefficient (Wildman–Crippen LogP) is 3.15. The molecule has 10 heteroatoms. The number of nitrogens with zero attached hydrogens (tertiary/aromatic N) is 2. The SMILES string of the molecule is C[C@@H](CC(=O)N1C(=O)[C@H](Cc2cccc3[nH]ncc23)[C@H]1C(=O)O)c1ccc2c(c1)OC(C)(F)O2. The lowest BCUT2D eigenvalue weighted by atomic mass is 9.81. The smallest absolute Gasteiger partial charge is 0.404 e. The van der Waals surface area contributed by atoms with Gasteiger partial charge in [-0.3, -0.25) is 19.6 Å². The average molecular weight is 467 g/mol. The Morgan fingerprint density at radius 3 is 2.79 bits per heavy atom. The summed E-state index contributed by atoms with van der Waals surface area (Å²) in [6.45, 7) is 2.91. The van der Waals surface area contributed by atoms with Crippen LogP contribution >= 0.6 is 0 Å². The molecule has 2 amide bonds. The number of aromatic nitrogens is 2. The molecule has 0 bridgehead atoms. The second-order valence-corrected chi connectivity index (χ2v) is 8.79. The maximum absolute atomic E-state index is 13.9. The Kier molecular flexibility index (Phi) is 5.03. The summed E-state index contributed by atoms with van der Waals surface area (Å²) in [6.07, 6.45) is 1.73. The van der Waals surface area contributed by atoms with Crippen molar-refractivity contribution in [3.05, 3.63) is 53.7 Å². The van der Waals surface area contributed by atoms with Gasteiger partial charge < -0.3 is 14.6 Å². The molecule has 1 fully saturated rings. The van der Waals surface area contributed by atoms with Crippen molar-refractivity contribution in [2.75, 3.05) is 0 Å². The maximum Gasteiger partial charge on any atom is 0.404 e. The van der Waals surface area contributed by atoms with Crippen LogP contribution in [0.25, 0.3) is 10.9 Å². The number of carbonyl (C=O) groups is 3. The summed E-state index contributed by atoms with van der Waals surface area (Å²) in [4.78, 5) is 38.6. The lowest BCUT2D eigenvalue weighted by molar-refractivity contribution is -0.177. The number of aromatic amines is 1. The number of β-lactam (4-membered cyclic amide) rings is 1. The minimum absolute atomic E-state index is 0.0912. The van der Waals surface area contributed by atoms with E-state index in [0.29, 0.717) is 5.56 Å². The molecule has 176 valence electrons. The van der Waals surface area contributed by atoms with E-state index in [-0.39, 0.29) is 30.3 Å². The van der Waals surface area contributed by atoms with Crippen LogP contribution in [0.2, 0.25) is 0 Å². The van der Waals surface area contributed by atoms with Gasteiger partial charge in [-0.1, -0.05) is 25.1 Å². The number of benzene rings is 2. The molecule has 1 unspecified atom stereocenters. The molecule has 9 nitrogen and oxygen atoms in total. The number of hydrogen-bond donors (Lipinski definition) is 2. The van der Waals surface area contributed by atoms with Crippen molar-refractivity contribution >= 4 is 28.7 Å². The summed E-state index contributed by atoms with van der Waals surface area (Å²) in [6, 6.07) is 6.78. The number of carboxylic acid groups (broad SMARTS) is 1. The number of carbonyl (C=O) groups excluding carboxylic acids is 2. The zero-order chi connectivity index (χ0) is 24.2. The zero-order valence-electron chi connectivity index (χ0n) is 18.4. The van der Waals surface area contributed by atoms with Gasteiger partial charge in [-0.2, -0.15) is 9.49 Å². The van der Waals surface area contributed by atoms with Crippen molar-refractivity contribution in [2.45, 2.75) is 44.7 Å². The molecule has 2 aliphatic rings. The van der Waals surface area contributed by atoms with Gasteiger partial charge in [0.25, 0.3) is 0 Å². The number of amides is 2. The first-order valence-corrected chi connectivity index (χ1v) is 10.8. The molecular weight excluding hydrogens is 445 g/mol. The van der Waals surface area contributed by atoms with Crippen molar-refractivity contribution < 1.29 is 33.4 Å². The molecule has 1 aromatic heterocycles. The summed E-state index contributed by atoms with van der Waals surface area (Å²) < 4.78 is 24.1. The molecule has 34 heavy (non-hydrogen) atoms. The first-order valence-electron chi connectivity index (χ1n) is 10.8. The van der Waals surface area contributed by atoms with Gasteiger partial charge in [0.1, 0.15) is 6.04 Å². The number of imide groups is 1. The Hall–Kier alpha value is -3.95. The van der Waals surface area contributed by atoms with E-state index in [0.717, 1.165) is 28.3 Å². The average Bonchev–Trinajstić information content (AvgIpc) is 3.37. The van der Waals surface area contributed by atoms with Gasteiger partial charge in [-0.25, -0.2) is 4.79 Å². The van der Waals surface area contributed by atoms with Crippen molar-refractivity contribution in [3.8, 4) is 11.5 Å².